The summed E-state index contributed by atoms with van der Waals surface area (Å²) < 4.78 is 5.47. The van der Waals surface area contributed by atoms with Gasteiger partial charge in [-0.2, -0.15) is 0 Å². The molecular weight excluding hydrogens is 322 g/mol. The van der Waals surface area contributed by atoms with Gasteiger partial charge in [0.25, 0.3) is 5.91 Å². The van der Waals surface area contributed by atoms with Gasteiger partial charge in [-0.1, -0.05) is 0 Å². The number of furan rings is 1. The van der Waals surface area contributed by atoms with Gasteiger partial charge in [-0.15, -0.1) is 0 Å². The molecule has 0 saturated carbocycles. The molecule has 6 heteroatoms. The Labute approximate surface area is 125 Å². The first-order valence-corrected chi connectivity index (χ1v) is 7.29. The smallest absolute Gasteiger partial charge is 0.260 e. The topological polar surface area (TPSA) is 58.4 Å². The monoisotopic (exact) mass is 335 g/mol. The van der Waals surface area contributed by atoms with Crippen molar-refractivity contribution >= 4 is 33.3 Å². The molecule has 0 unspecified atom stereocenters. The summed E-state index contributed by atoms with van der Waals surface area (Å²) in [6.45, 7) is 2.11. The van der Waals surface area contributed by atoms with Crippen LogP contribution in [0.3, 0.4) is 0 Å². The van der Waals surface area contributed by atoms with Crippen molar-refractivity contribution in [2.45, 2.75) is 12.8 Å². The number of hydrogen-bond donors (Lipinski definition) is 1. The van der Waals surface area contributed by atoms with Crippen molar-refractivity contribution < 1.29 is 9.21 Å². The average Bonchev–Trinajstić information content (AvgIpc) is 3.10. The fourth-order valence-corrected chi connectivity index (χ4v) is 2.67. The number of amides is 1. The van der Waals surface area contributed by atoms with Crippen LogP contribution in [0.2, 0.25) is 0 Å². The van der Waals surface area contributed by atoms with E-state index in [-0.39, 0.29) is 5.91 Å². The Morgan fingerprint density at radius 1 is 1.30 bits per heavy atom. The molecule has 0 aromatic carbocycles. The number of carbonyl (C=O) groups excluding carboxylic acids is 1. The van der Waals surface area contributed by atoms with E-state index in [1.54, 1.807) is 12.3 Å². The van der Waals surface area contributed by atoms with Crippen molar-refractivity contribution in [3.8, 4) is 0 Å². The van der Waals surface area contributed by atoms with Gasteiger partial charge in [0.15, 0.2) is 4.67 Å². The van der Waals surface area contributed by atoms with E-state index in [0.717, 1.165) is 18.9 Å². The minimum absolute atomic E-state index is 0.221. The van der Waals surface area contributed by atoms with Crippen molar-refractivity contribution in [1.82, 2.24) is 4.98 Å². The number of pyridine rings is 1. The van der Waals surface area contributed by atoms with Crippen LogP contribution in [0.25, 0.3) is 0 Å². The summed E-state index contributed by atoms with van der Waals surface area (Å²) >= 11 is 3.19. The minimum Gasteiger partial charge on any atom is -0.457 e. The maximum atomic E-state index is 12.0. The van der Waals surface area contributed by atoms with Crippen LogP contribution >= 0.6 is 15.9 Å². The lowest BCUT2D eigenvalue weighted by atomic mass is 10.3. The molecule has 1 amide bonds. The third kappa shape index (κ3) is 2.70. The van der Waals surface area contributed by atoms with Crippen LogP contribution < -0.4 is 10.2 Å². The quantitative estimate of drug-likeness (QED) is 0.934. The van der Waals surface area contributed by atoms with Crippen LogP contribution in [0.15, 0.2) is 39.7 Å². The molecule has 3 heterocycles. The van der Waals surface area contributed by atoms with Crippen molar-refractivity contribution in [3.05, 3.63) is 40.9 Å². The highest BCUT2D eigenvalue weighted by Gasteiger charge is 2.15. The van der Waals surface area contributed by atoms with Crippen LogP contribution in [0.1, 0.15) is 23.2 Å². The normalized spacial score (nSPS) is 14.6. The van der Waals surface area contributed by atoms with Gasteiger partial charge in [0.2, 0.25) is 0 Å². The molecule has 0 atom stereocenters. The van der Waals surface area contributed by atoms with Gasteiger partial charge >= 0.3 is 0 Å². The Kier molecular flexibility index (Phi) is 3.73. The van der Waals surface area contributed by atoms with E-state index < -0.39 is 0 Å². The summed E-state index contributed by atoms with van der Waals surface area (Å²) in [6, 6.07) is 5.42. The Morgan fingerprint density at radius 2 is 2.10 bits per heavy atom. The molecule has 20 heavy (non-hydrogen) atoms. The highest BCUT2D eigenvalue weighted by molar-refractivity contribution is 9.10. The molecular formula is C14H14BrN3O2. The third-order valence-corrected chi connectivity index (χ3v) is 3.91. The van der Waals surface area contributed by atoms with Gasteiger partial charge in [-0.05, 0) is 47.0 Å². The predicted molar refractivity (Wildman–Crippen MR) is 80.0 cm³/mol. The molecule has 2 aromatic rings. The SMILES string of the molecule is O=C(Nc1ccc(N2CCCC2)nc1)c1ccoc1Br. The van der Waals surface area contributed by atoms with Crippen molar-refractivity contribution in [1.29, 1.82) is 0 Å². The maximum Gasteiger partial charge on any atom is 0.260 e. The number of rotatable bonds is 3. The van der Waals surface area contributed by atoms with Crippen molar-refractivity contribution in [2.75, 3.05) is 23.3 Å². The number of aromatic nitrogens is 1. The van der Waals surface area contributed by atoms with Crippen LogP contribution in [-0.4, -0.2) is 24.0 Å². The summed E-state index contributed by atoms with van der Waals surface area (Å²) in [6.07, 6.45) is 5.58. The fraction of sp³-hybridized carbons (Fsp3) is 0.286. The van der Waals surface area contributed by atoms with Crippen LogP contribution in [-0.2, 0) is 0 Å². The lowest BCUT2D eigenvalue weighted by Gasteiger charge is -2.16. The summed E-state index contributed by atoms with van der Waals surface area (Å²) in [4.78, 5) is 18.6. The molecule has 5 nitrogen and oxygen atoms in total. The lowest BCUT2D eigenvalue weighted by Crippen LogP contribution is -2.19. The Morgan fingerprint density at radius 3 is 2.70 bits per heavy atom. The second-order valence-corrected chi connectivity index (χ2v) is 5.38. The number of anilines is 2. The molecule has 3 rings (SSSR count). The molecule has 1 saturated heterocycles. The van der Waals surface area contributed by atoms with E-state index in [0.29, 0.717) is 15.9 Å². The largest absolute Gasteiger partial charge is 0.457 e. The van der Waals surface area contributed by atoms with E-state index in [1.165, 1.54) is 19.1 Å². The first-order chi connectivity index (χ1) is 9.74. The van der Waals surface area contributed by atoms with Crippen LogP contribution in [0.4, 0.5) is 11.5 Å². The van der Waals surface area contributed by atoms with Crippen LogP contribution in [0.5, 0.6) is 0 Å². The summed E-state index contributed by atoms with van der Waals surface area (Å²) in [5, 5.41) is 2.79. The van der Waals surface area contributed by atoms with E-state index in [2.05, 4.69) is 31.1 Å². The molecule has 1 N–H and O–H groups in total. The van der Waals surface area contributed by atoms with Crippen molar-refractivity contribution in [3.63, 3.8) is 0 Å². The number of carbonyl (C=O) groups is 1. The number of halogens is 1. The lowest BCUT2D eigenvalue weighted by molar-refractivity contribution is 0.102. The second kappa shape index (κ2) is 5.66. The highest BCUT2D eigenvalue weighted by Crippen LogP contribution is 2.21. The van der Waals surface area contributed by atoms with Gasteiger partial charge < -0.3 is 14.6 Å². The van der Waals surface area contributed by atoms with E-state index in [1.807, 2.05) is 12.1 Å². The van der Waals surface area contributed by atoms with Gasteiger partial charge in [0.1, 0.15) is 5.82 Å². The summed E-state index contributed by atoms with van der Waals surface area (Å²) in [5.41, 5.74) is 1.14. The first-order valence-electron chi connectivity index (χ1n) is 6.49. The highest BCUT2D eigenvalue weighted by atomic mass is 79.9. The molecule has 0 bridgehead atoms. The summed E-state index contributed by atoms with van der Waals surface area (Å²) in [7, 11) is 0. The zero-order chi connectivity index (χ0) is 13.9. The Balaban J connectivity index is 1.69. The van der Waals surface area contributed by atoms with Gasteiger partial charge in [0.05, 0.1) is 23.7 Å². The average molecular weight is 336 g/mol. The second-order valence-electron chi connectivity index (χ2n) is 4.66. The van der Waals surface area contributed by atoms with Gasteiger partial charge in [0, 0.05) is 13.1 Å². The molecule has 1 fully saturated rings. The number of hydrogen-bond acceptors (Lipinski definition) is 4. The number of nitrogens with zero attached hydrogens (tertiary/aromatic N) is 2. The van der Waals surface area contributed by atoms with E-state index in [9.17, 15) is 4.79 Å². The zero-order valence-corrected chi connectivity index (χ0v) is 12.4. The van der Waals surface area contributed by atoms with Gasteiger partial charge in [-0.25, -0.2) is 4.98 Å². The van der Waals surface area contributed by atoms with Crippen LogP contribution in [0, 0.1) is 0 Å². The van der Waals surface area contributed by atoms with E-state index in [4.69, 9.17) is 4.42 Å². The van der Waals surface area contributed by atoms with Gasteiger partial charge in [-0.3, -0.25) is 4.79 Å². The first kappa shape index (κ1) is 13.2. The molecule has 1 aliphatic heterocycles. The third-order valence-electron chi connectivity index (χ3n) is 3.30. The number of nitrogens with one attached hydrogen (secondary N) is 1. The Hall–Kier alpha value is -1.82. The minimum atomic E-state index is -0.221. The fourth-order valence-electron chi connectivity index (χ4n) is 2.25. The molecule has 2 aromatic heterocycles. The molecule has 0 spiro atoms. The van der Waals surface area contributed by atoms with E-state index >= 15 is 0 Å². The maximum absolute atomic E-state index is 12.0. The zero-order valence-electron chi connectivity index (χ0n) is 10.8. The molecule has 0 radical (unpaired) electrons. The van der Waals surface area contributed by atoms with Crippen molar-refractivity contribution in [2.24, 2.45) is 0 Å². The molecule has 0 aliphatic carbocycles. The standard InChI is InChI=1S/C14H14BrN3O2/c15-13-11(5-8-20-13)14(19)17-10-3-4-12(16-9-10)18-6-1-2-7-18/h3-5,8-9H,1-2,6-7H2,(H,17,19). The molecule has 1 aliphatic rings. The molecule has 104 valence electrons. The Bertz CT molecular complexity index is 603. The summed E-state index contributed by atoms with van der Waals surface area (Å²) in [5.74, 6) is 0.742. The predicted octanol–water partition coefficient (Wildman–Crippen LogP) is 3.29.